The van der Waals surface area contributed by atoms with Gasteiger partial charge >= 0.3 is 0 Å². The van der Waals surface area contributed by atoms with Crippen molar-refractivity contribution in [3.8, 4) is 0 Å². The summed E-state index contributed by atoms with van der Waals surface area (Å²) < 4.78 is 26.5. The quantitative estimate of drug-likeness (QED) is 0.683. The highest BCUT2D eigenvalue weighted by atomic mass is 32.2. The van der Waals surface area contributed by atoms with Crippen molar-refractivity contribution in [1.29, 1.82) is 0 Å². The molecule has 4 nitrogen and oxygen atoms in total. The third kappa shape index (κ3) is 6.38. The molecule has 0 aliphatic heterocycles. The van der Waals surface area contributed by atoms with E-state index in [4.69, 9.17) is 0 Å². The fraction of sp³-hybridized carbons (Fsp3) is 1.00. The zero-order chi connectivity index (χ0) is 12.7. The molecule has 2 unspecified atom stereocenters. The maximum atomic E-state index is 11.8. The highest BCUT2D eigenvalue weighted by molar-refractivity contribution is 7.89. The molecule has 0 radical (unpaired) electrons. The molecule has 0 aromatic heterocycles. The van der Waals surface area contributed by atoms with Gasteiger partial charge in [-0.15, -0.1) is 0 Å². The lowest BCUT2D eigenvalue weighted by Gasteiger charge is -2.27. The first-order valence-corrected chi connectivity index (χ1v) is 8.33. The van der Waals surface area contributed by atoms with Gasteiger partial charge in [-0.3, -0.25) is 0 Å². The highest BCUT2D eigenvalue weighted by Gasteiger charge is 2.22. The molecule has 1 saturated carbocycles. The summed E-state index contributed by atoms with van der Waals surface area (Å²) in [6.45, 7) is 3.09. The van der Waals surface area contributed by atoms with E-state index in [1.54, 1.807) is 0 Å². The predicted molar refractivity (Wildman–Crippen MR) is 71.5 cm³/mol. The SMILES string of the molecule is CNCCCCS(=O)(=O)NC1CCCC(C)C1. The van der Waals surface area contributed by atoms with Crippen LogP contribution in [0.3, 0.4) is 0 Å². The summed E-state index contributed by atoms with van der Waals surface area (Å²) in [4.78, 5) is 0. The average molecular weight is 262 g/mol. The summed E-state index contributed by atoms with van der Waals surface area (Å²) in [6, 6.07) is 0.174. The van der Waals surface area contributed by atoms with E-state index < -0.39 is 10.0 Å². The lowest BCUT2D eigenvalue weighted by atomic mass is 9.88. The molecule has 0 aromatic rings. The van der Waals surface area contributed by atoms with Gasteiger partial charge < -0.3 is 5.32 Å². The van der Waals surface area contributed by atoms with Crippen LogP contribution < -0.4 is 10.0 Å². The number of nitrogens with one attached hydrogen (secondary N) is 2. The van der Waals surface area contributed by atoms with Gasteiger partial charge in [-0.05, 0) is 45.2 Å². The van der Waals surface area contributed by atoms with Crippen molar-refractivity contribution in [1.82, 2.24) is 10.0 Å². The summed E-state index contributed by atoms with van der Waals surface area (Å²) in [7, 11) is -1.18. The molecule has 1 fully saturated rings. The molecule has 17 heavy (non-hydrogen) atoms. The smallest absolute Gasteiger partial charge is 0.211 e. The van der Waals surface area contributed by atoms with Crippen LogP contribution in [0.1, 0.15) is 45.4 Å². The van der Waals surface area contributed by atoms with Crippen LogP contribution in [0.4, 0.5) is 0 Å². The summed E-state index contributed by atoms with van der Waals surface area (Å²) in [6.07, 6.45) is 6.03. The highest BCUT2D eigenvalue weighted by Crippen LogP contribution is 2.23. The summed E-state index contributed by atoms with van der Waals surface area (Å²) in [5.41, 5.74) is 0. The van der Waals surface area contributed by atoms with Crippen LogP contribution in [0.25, 0.3) is 0 Å². The number of hydrogen-bond acceptors (Lipinski definition) is 3. The van der Waals surface area contributed by atoms with Crippen LogP contribution >= 0.6 is 0 Å². The standard InChI is InChI=1S/C12H26N2O2S/c1-11-6-5-7-12(10-11)14-17(15,16)9-4-3-8-13-2/h11-14H,3-10H2,1-2H3. The monoisotopic (exact) mass is 262 g/mol. The van der Waals surface area contributed by atoms with E-state index in [9.17, 15) is 8.42 Å². The Labute approximate surface area is 106 Å². The predicted octanol–water partition coefficient (Wildman–Crippen LogP) is 1.48. The first kappa shape index (κ1) is 14.9. The van der Waals surface area contributed by atoms with E-state index in [2.05, 4.69) is 17.0 Å². The van der Waals surface area contributed by atoms with Gasteiger partial charge in [-0.2, -0.15) is 0 Å². The van der Waals surface area contributed by atoms with E-state index in [-0.39, 0.29) is 11.8 Å². The van der Waals surface area contributed by atoms with Gasteiger partial charge in [-0.25, -0.2) is 13.1 Å². The third-order valence-corrected chi connectivity index (χ3v) is 4.89. The van der Waals surface area contributed by atoms with Crippen LogP contribution in [-0.2, 0) is 10.0 Å². The van der Waals surface area contributed by atoms with Crippen molar-refractivity contribution in [2.45, 2.75) is 51.5 Å². The number of sulfonamides is 1. The van der Waals surface area contributed by atoms with E-state index in [0.29, 0.717) is 5.92 Å². The minimum Gasteiger partial charge on any atom is -0.320 e. The summed E-state index contributed by atoms with van der Waals surface area (Å²) >= 11 is 0. The molecule has 1 rings (SSSR count). The van der Waals surface area contributed by atoms with Crippen LogP contribution in [-0.4, -0.2) is 33.8 Å². The first-order valence-electron chi connectivity index (χ1n) is 6.68. The van der Waals surface area contributed by atoms with E-state index in [1.165, 1.54) is 6.42 Å². The summed E-state index contributed by atoms with van der Waals surface area (Å²) in [5, 5.41) is 3.03. The molecule has 5 heteroatoms. The molecular formula is C12H26N2O2S. The molecule has 0 amide bonds. The second-order valence-electron chi connectivity index (χ2n) is 5.22. The van der Waals surface area contributed by atoms with Crippen molar-refractivity contribution in [3.63, 3.8) is 0 Å². The molecule has 0 spiro atoms. The number of unbranched alkanes of at least 4 members (excludes halogenated alkanes) is 1. The average Bonchev–Trinajstić information content (AvgIpc) is 2.24. The zero-order valence-corrected chi connectivity index (χ0v) is 11.9. The molecule has 0 aromatic carbocycles. The van der Waals surface area contributed by atoms with E-state index in [1.807, 2.05) is 7.05 Å². The third-order valence-electron chi connectivity index (χ3n) is 3.37. The van der Waals surface area contributed by atoms with Gasteiger partial charge in [0.05, 0.1) is 5.75 Å². The number of rotatable bonds is 7. The second-order valence-corrected chi connectivity index (χ2v) is 7.09. The fourth-order valence-corrected chi connectivity index (χ4v) is 3.87. The van der Waals surface area contributed by atoms with Crippen LogP contribution in [0, 0.1) is 5.92 Å². The summed E-state index contributed by atoms with van der Waals surface area (Å²) in [5.74, 6) is 0.917. The second kappa shape index (κ2) is 7.34. The molecule has 0 bridgehead atoms. The minimum absolute atomic E-state index is 0.174. The Kier molecular flexibility index (Phi) is 6.44. The van der Waals surface area contributed by atoms with Crippen molar-refractivity contribution in [3.05, 3.63) is 0 Å². The van der Waals surface area contributed by atoms with Crippen LogP contribution in [0.15, 0.2) is 0 Å². The van der Waals surface area contributed by atoms with Crippen molar-refractivity contribution >= 4 is 10.0 Å². The molecule has 1 aliphatic carbocycles. The molecule has 2 atom stereocenters. The van der Waals surface area contributed by atoms with Gasteiger partial charge in [0.25, 0.3) is 0 Å². The topological polar surface area (TPSA) is 58.2 Å². The Morgan fingerprint density at radius 3 is 2.65 bits per heavy atom. The van der Waals surface area contributed by atoms with Gasteiger partial charge in [0.15, 0.2) is 0 Å². The largest absolute Gasteiger partial charge is 0.320 e. The minimum atomic E-state index is -3.06. The van der Waals surface area contributed by atoms with Crippen LogP contribution in [0.5, 0.6) is 0 Å². The fourth-order valence-electron chi connectivity index (χ4n) is 2.45. The lowest BCUT2D eigenvalue weighted by Crippen LogP contribution is -2.39. The maximum Gasteiger partial charge on any atom is 0.211 e. The normalized spacial score (nSPS) is 26.0. The molecular weight excluding hydrogens is 236 g/mol. The Morgan fingerprint density at radius 1 is 1.24 bits per heavy atom. The molecule has 1 aliphatic rings. The van der Waals surface area contributed by atoms with Gasteiger partial charge in [0.2, 0.25) is 10.0 Å². The zero-order valence-electron chi connectivity index (χ0n) is 11.0. The van der Waals surface area contributed by atoms with Gasteiger partial charge in [0.1, 0.15) is 0 Å². The van der Waals surface area contributed by atoms with Crippen LogP contribution in [0.2, 0.25) is 0 Å². The maximum absolute atomic E-state index is 11.8. The Bertz CT molecular complexity index is 304. The van der Waals surface area contributed by atoms with Gasteiger partial charge in [0, 0.05) is 6.04 Å². The molecule has 0 saturated heterocycles. The first-order chi connectivity index (χ1) is 8.03. The molecule has 102 valence electrons. The van der Waals surface area contributed by atoms with E-state index >= 15 is 0 Å². The molecule has 0 heterocycles. The Balaban J connectivity index is 2.27. The van der Waals surface area contributed by atoms with Gasteiger partial charge in [-0.1, -0.05) is 19.8 Å². The Hall–Kier alpha value is -0.130. The molecule has 2 N–H and O–H groups in total. The van der Waals surface area contributed by atoms with E-state index in [0.717, 1.165) is 38.6 Å². The number of hydrogen-bond donors (Lipinski definition) is 2. The lowest BCUT2D eigenvalue weighted by molar-refractivity contribution is 0.327. The van der Waals surface area contributed by atoms with Crippen molar-refractivity contribution < 1.29 is 8.42 Å². The Morgan fingerprint density at radius 2 is 2.00 bits per heavy atom. The van der Waals surface area contributed by atoms with Crippen molar-refractivity contribution in [2.24, 2.45) is 5.92 Å². The van der Waals surface area contributed by atoms with Crippen molar-refractivity contribution in [2.75, 3.05) is 19.3 Å².